The maximum Gasteiger partial charge on any atom is 0.233 e. The van der Waals surface area contributed by atoms with Crippen LogP contribution in [0, 0.1) is 0 Å². The van der Waals surface area contributed by atoms with Crippen LogP contribution in [0.25, 0.3) is 5.69 Å². The number of hydrogen-bond acceptors (Lipinski definition) is 3. The summed E-state index contributed by atoms with van der Waals surface area (Å²) in [5.74, 6) is 0.701. The maximum absolute atomic E-state index is 12.0. The number of aromatic nitrogens is 1. The normalized spacial score (nSPS) is 18.2. The minimum atomic E-state index is 0.0659. The predicted molar refractivity (Wildman–Crippen MR) is 89.6 cm³/mol. The molecule has 1 aromatic heterocycles. The molecular formula is C16H17ClN2O2S. The minimum Gasteiger partial charge on any atom is -0.383 e. The Morgan fingerprint density at radius 2 is 2.09 bits per heavy atom. The van der Waals surface area contributed by atoms with Crippen molar-refractivity contribution in [1.29, 1.82) is 0 Å². The fraction of sp³-hybridized carbons (Fsp3) is 0.312. The Hall–Kier alpha value is -1.43. The molecule has 0 saturated carbocycles. The number of rotatable bonds is 5. The van der Waals surface area contributed by atoms with Gasteiger partial charge in [0.05, 0.1) is 12.4 Å². The molecular weight excluding hydrogens is 320 g/mol. The Kier molecular flexibility index (Phi) is 4.76. The molecule has 4 nitrogen and oxygen atoms in total. The average Bonchev–Trinajstić information content (AvgIpc) is 3.13. The summed E-state index contributed by atoms with van der Waals surface area (Å²) in [6.07, 6.45) is 4.08. The molecule has 1 aliphatic rings. The Labute approximate surface area is 139 Å². The molecule has 22 heavy (non-hydrogen) atoms. The first-order valence-electron chi connectivity index (χ1n) is 7.03. The first kappa shape index (κ1) is 15.5. The van der Waals surface area contributed by atoms with Crippen molar-refractivity contribution in [2.45, 2.75) is 5.37 Å². The summed E-state index contributed by atoms with van der Waals surface area (Å²) in [7, 11) is 1.65. The summed E-state index contributed by atoms with van der Waals surface area (Å²) in [6, 6.07) is 9.75. The predicted octanol–water partition coefficient (Wildman–Crippen LogP) is 3.35. The summed E-state index contributed by atoms with van der Waals surface area (Å²) in [6.45, 7) is 1.18. The number of carbonyl (C=O) groups excluding carboxylic acids is 1. The van der Waals surface area contributed by atoms with Gasteiger partial charge in [-0.1, -0.05) is 11.6 Å². The lowest BCUT2D eigenvalue weighted by molar-refractivity contribution is -0.128. The number of benzene rings is 1. The van der Waals surface area contributed by atoms with Gasteiger partial charge < -0.3 is 14.2 Å². The molecule has 0 aliphatic carbocycles. The van der Waals surface area contributed by atoms with E-state index in [0.29, 0.717) is 18.9 Å². The highest BCUT2D eigenvalue weighted by Crippen LogP contribution is 2.38. The van der Waals surface area contributed by atoms with Crippen molar-refractivity contribution in [3.05, 3.63) is 53.3 Å². The maximum atomic E-state index is 12.0. The van der Waals surface area contributed by atoms with Crippen LogP contribution in [0.4, 0.5) is 0 Å². The van der Waals surface area contributed by atoms with Gasteiger partial charge in [-0.2, -0.15) is 0 Å². The van der Waals surface area contributed by atoms with Crippen molar-refractivity contribution in [3.63, 3.8) is 0 Å². The van der Waals surface area contributed by atoms with Gasteiger partial charge in [0.1, 0.15) is 5.37 Å². The van der Waals surface area contributed by atoms with Crippen LogP contribution >= 0.6 is 23.4 Å². The highest BCUT2D eigenvalue weighted by Gasteiger charge is 2.32. The Balaban J connectivity index is 1.80. The zero-order valence-corrected chi connectivity index (χ0v) is 13.8. The van der Waals surface area contributed by atoms with E-state index in [1.165, 1.54) is 0 Å². The van der Waals surface area contributed by atoms with Crippen molar-refractivity contribution in [1.82, 2.24) is 9.47 Å². The number of thioether (sulfide) groups is 1. The molecule has 1 fully saturated rings. The van der Waals surface area contributed by atoms with Crippen molar-refractivity contribution in [2.75, 3.05) is 26.0 Å². The molecule has 0 spiro atoms. The van der Waals surface area contributed by atoms with Crippen molar-refractivity contribution in [2.24, 2.45) is 0 Å². The van der Waals surface area contributed by atoms with Crippen molar-refractivity contribution in [3.8, 4) is 5.69 Å². The molecule has 1 amide bonds. The summed E-state index contributed by atoms with van der Waals surface area (Å²) < 4.78 is 7.15. The van der Waals surface area contributed by atoms with Crippen LogP contribution in [0.5, 0.6) is 0 Å². The minimum absolute atomic E-state index is 0.0659. The van der Waals surface area contributed by atoms with Gasteiger partial charge in [0.25, 0.3) is 0 Å². The van der Waals surface area contributed by atoms with Gasteiger partial charge in [0.15, 0.2) is 0 Å². The molecule has 3 rings (SSSR count). The van der Waals surface area contributed by atoms with Crippen LogP contribution in [0.3, 0.4) is 0 Å². The second kappa shape index (κ2) is 6.77. The lowest BCUT2D eigenvalue weighted by Crippen LogP contribution is -2.31. The number of hydrogen-bond donors (Lipinski definition) is 0. The Bertz CT molecular complexity index is 656. The summed E-state index contributed by atoms with van der Waals surface area (Å²) >= 11 is 7.58. The highest BCUT2D eigenvalue weighted by molar-refractivity contribution is 8.00. The van der Waals surface area contributed by atoms with Gasteiger partial charge >= 0.3 is 0 Å². The third-order valence-corrected chi connectivity index (χ3v) is 5.14. The van der Waals surface area contributed by atoms with Crippen molar-refractivity contribution < 1.29 is 9.53 Å². The van der Waals surface area contributed by atoms with Crippen LogP contribution in [0.15, 0.2) is 42.7 Å². The number of ether oxygens (including phenoxy) is 1. The number of carbonyl (C=O) groups is 1. The number of nitrogens with zero attached hydrogens (tertiary/aromatic N) is 2. The van der Waals surface area contributed by atoms with E-state index in [1.807, 2.05) is 39.9 Å². The van der Waals surface area contributed by atoms with E-state index in [0.717, 1.165) is 16.3 Å². The molecule has 0 radical (unpaired) electrons. The second-order valence-corrected chi connectivity index (χ2v) is 6.58. The molecule has 0 N–H and O–H groups in total. The molecule has 1 aliphatic heterocycles. The van der Waals surface area contributed by atoms with Crippen LogP contribution in [0.1, 0.15) is 10.9 Å². The van der Waals surface area contributed by atoms with Gasteiger partial charge in [-0.05, 0) is 30.3 Å². The van der Waals surface area contributed by atoms with Crippen LogP contribution in [-0.4, -0.2) is 41.4 Å². The van der Waals surface area contributed by atoms with E-state index in [9.17, 15) is 4.79 Å². The Morgan fingerprint density at radius 1 is 1.32 bits per heavy atom. The monoisotopic (exact) mass is 336 g/mol. The standard InChI is InChI=1S/C16H17ClN2O2S/c1-21-9-8-19-15(20)11-22-16(19)12-6-7-18(10-12)14-4-2-13(17)3-5-14/h2-7,10,16H,8-9,11H2,1H3/t16-/m1/s1. The summed E-state index contributed by atoms with van der Waals surface area (Å²) in [4.78, 5) is 13.9. The quantitative estimate of drug-likeness (QED) is 0.839. The van der Waals surface area contributed by atoms with E-state index in [2.05, 4.69) is 12.3 Å². The van der Waals surface area contributed by atoms with Crippen molar-refractivity contribution >= 4 is 29.3 Å². The third-order valence-electron chi connectivity index (χ3n) is 3.63. The molecule has 1 atom stereocenters. The van der Waals surface area contributed by atoms with Gasteiger partial charge in [0, 0.05) is 42.3 Å². The molecule has 0 bridgehead atoms. The first-order chi connectivity index (χ1) is 10.7. The highest BCUT2D eigenvalue weighted by atomic mass is 35.5. The fourth-order valence-electron chi connectivity index (χ4n) is 2.49. The van der Waals surface area contributed by atoms with E-state index < -0.39 is 0 Å². The van der Waals surface area contributed by atoms with Gasteiger partial charge in [-0.3, -0.25) is 4.79 Å². The number of halogens is 1. The third kappa shape index (κ3) is 3.16. The lowest BCUT2D eigenvalue weighted by Gasteiger charge is -2.22. The lowest BCUT2D eigenvalue weighted by atomic mass is 10.3. The Morgan fingerprint density at radius 3 is 2.82 bits per heavy atom. The zero-order valence-electron chi connectivity index (χ0n) is 12.2. The van der Waals surface area contributed by atoms with Crippen LogP contribution in [-0.2, 0) is 9.53 Å². The number of amides is 1. The van der Waals surface area contributed by atoms with Gasteiger partial charge in [0.2, 0.25) is 5.91 Å². The van der Waals surface area contributed by atoms with E-state index in [1.54, 1.807) is 18.9 Å². The molecule has 1 saturated heterocycles. The smallest absolute Gasteiger partial charge is 0.233 e. The van der Waals surface area contributed by atoms with Crippen LogP contribution < -0.4 is 0 Å². The topological polar surface area (TPSA) is 34.5 Å². The van der Waals surface area contributed by atoms with Gasteiger partial charge in [-0.15, -0.1) is 11.8 Å². The average molecular weight is 337 g/mol. The number of methoxy groups -OCH3 is 1. The zero-order chi connectivity index (χ0) is 15.5. The fourth-order valence-corrected chi connectivity index (χ4v) is 3.82. The SMILES string of the molecule is COCCN1C(=O)CS[C@@H]1c1ccn(-c2ccc(Cl)cc2)c1. The van der Waals surface area contributed by atoms with Crippen LogP contribution in [0.2, 0.25) is 5.02 Å². The molecule has 1 aromatic carbocycles. The molecule has 116 valence electrons. The molecule has 6 heteroatoms. The first-order valence-corrected chi connectivity index (χ1v) is 8.45. The summed E-state index contributed by atoms with van der Waals surface area (Å²) in [5, 5.41) is 0.787. The second-order valence-electron chi connectivity index (χ2n) is 5.07. The van der Waals surface area contributed by atoms with E-state index in [-0.39, 0.29) is 11.3 Å². The van der Waals surface area contributed by atoms with E-state index in [4.69, 9.17) is 16.3 Å². The van der Waals surface area contributed by atoms with E-state index >= 15 is 0 Å². The van der Waals surface area contributed by atoms with Gasteiger partial charge in [-0.25, -0.2) is 0 Å². The largest absolute Gasteiger partial charge is 0.383 e. The summed E-state index contributed by atoms with van der Waals surface area (Å²) in [5.41, 5.74) is 2.18. The molecule has 2 aromatic rings. The molecule has 2 heterocycles. The molecule has 0 unspecified atom stereocenters.